The summed E-state index contributed by atoms with van der Waals surface area (Å²) in [4.78, 5) is 15.0. The molecule has 0 heterocycles. The highest BCUT2D eigenvalue weighted by atomic mass is 35.5. The Hall–Kier alpha value is -1.64. The summed E-state index contributed by atoms with van der Waals surface area (Å²) in [6.07, 6.45) is 2.07. The largest absolute Gasteiger partial charge is 0.299 e. The maximum absolute atomic E-state index is 12.7. The lowest BCUT2D eigenvalue weighted by Crippen LogP contribution is -2.28. The van der Waals surface area contributed by atoms with E-state index in [2.05, 4.69) is 49.1 Å². The van der Waals surface area contributed by atoms with Gasteiger partial charge in [0.15, 0.2) is 5.78 Å². The molecule has 0 saturated carbocycles. The third kappa shape index (κ3) is 2.74. The van der Waals surface area contributed by atoms with Crippen molar-refractivity contribution in [3.8, 4) is 0 Å². The molecular weight excluding hydrogens is 282 g/mol. The number of carbonyl (C=O) groups is 1. The normalized spacial score (nSPS) is 13.3. The molecule has 0 N–H and O–H groups in total. The molecule has 1 aliphatic carbocycles. The fraction of sp³-hybridized carbons (Fsp3) is 0.278. The minimum Gasteiger partial charge on any atom is -0.299 e. The summed E-state index contributed by atoms with van der Waals surface area (Å²) in [7, 11) is 0. The summed E-state index contributed by atoms with van der Waals surface area (Å²) >= 11 is 0. The topological polar surface area (TPSA) is 20.3 Å². The molecule has 0 atom stereocenters. The predicted octanol–water partition coefficient (Wildman–Crippen LogP) is 4.18. The fourth-order valence-electron chi connectivity index (χ4n) is 2.91. The number of rotatable bonds is 4. The molecule has 110 valence electrons. The highest BCUT2D eigenvalue weighted by Crippen LogP contribution is 2.31. The van der Waals surface area contributed by atoms with Crippen molar-refractivity contribution in [3.05, 3.63) is 53.1 Å². The number of likely N-dealkylation sites (N-methyl/N-ethyl adjacent to an activating group) is 1. The second kappa shape index (κ2) is 6.42. The minimum atomic E-state index is 0. The van der Waals surface area contributed by atoms with Crippen LogP contribution in [0.4, 0.5) is 0 Å². The van der Waals surface area contributed by atoms with Crippen molar-refractivity contribution in [1.29, 1.82) is 0 Å². The van der Waals surface area contributed by atoms with Gasteiger partial charge in [-0.3, -0.25) is 9.69 Å². The lowest BCUT2D eigenvalue weighted by atomic mass is 9.88. The van der Waals surface area contributed by atoms with Gasteiger partial charge in [-0.05, 0) is 30.1 Å². The van der Waals surface area contributed by atoms with Crippen LogP contribution in [0.5, 0.6) is 0 Å². The Labute approximate surface area is 131 Å². The molecule has 3 heteroatoms. The summed E-state index contributed by atoms with van der Waals surface area (Å²) < 4.78 is 0. The van der Waals surface area contributed by atoms with E-state index >= 15 is 0 Å². The van der Waals surface area contributed by atoms with Crippen LogP contribution >= 0.6 is 12.4 Å². The summed E-state index contributed by atoms with van der Waals surface area (Å²) in [5, 5.41) is 2.25. The van der Waals surface area contributed by atoms with Crippen molar-refractivity contribution < 1.29 is 4.79 Å². The number of nitrogens with zero attached hydrogens (tertiary/aromatic N) is 1. The predicted molar refractivity (Wildman–Crippen MR) is 91.3 cm³/mol. The zero-order valence-electron chi connectivity index (χ0n) is 12.4. The Balaban J connectivity index is 0.00000161. The van der Waals surface area contributed by atoms with Crippen LogP contribution in [-0.4, -0.2) is 30.3 Å². The first kappa shape index (κ1) is 15.7. The molecule has 2 aromatic rings. The van der Waals surface area contributed by atoms with Crippen molar-refractivity contribution in [1.82, 2.24) is 4.90 Å². The lowest BCUT2D eigenvalue weighted by Gasteiger charge is -2.22. The molecule has 0 fully saturated rings. The third-order valence-electron chi connectivity index (χ3n) is 4.09. The Bertz CT molecular complexity index is 696. The first-order chi connectivity index (χ1) is 9.74. The van der Waals surface area contributed by atoms with Crippen LogP contribution in [0.25, 0.3) is 16.8 Å². The van der Waals surface area contributed by atoms with Gasteiger partial charge in [0.05, 0.1) is 0 Å². The lowest BCUT2D eigenvalue weighted by molar-refractivity contribution is 0.102. The average molecular weight is 302 g/mol. The number of hydrogen-bond donors (Lipinski definition) is 0. The number of halogens is 1. The van der Waals surface area contributed by atoms with Gasteiger partial charge in [0.1, 0.15) is 0 Å². The van der Waals surface area contributed by atoms with Gasteiger partial charge < -0.3 is 0 Å². The summed E-state index contributed by atoms with van der Waals surface area (Å²) in [6, 6.07) is 12.2. The van der Waals surface area contributed by atoms with Gasteiger partial charge in [0, 0.05) is 23.1 Å². The van der Waals surface area contributed by atoms with Gasteiger partial charge in [-0.1, -0.05) is 50.2 Å². The first-order valence-corrected chi connectivity index (χ1v) is 7.24. The molecule has 0 saturated heterocycles. The number of hydrogen-bond acceptors (Lipinski definition) is 2. The number of ketones is 1. The summed E-state index contributed by atoms with van der Waals surface area (Å²) in [5.74, 6) is 0.182. The molecular formula is C18H20ClNO. The minimum absolute atomic E-state index is 0. The Morgan fingerprint density at radius 2 is 1.67 bits per heavy atom. The molecule has 0 amide bonds. The van der Waals surface area contributed by atoms with Crippen LogP contribution in [-0.2, 0) is 0 Å². The molecule has 0 radical (unpaired) electrons. The molecule has 0 unspecified atom stereocenters. The number of benzene rings is 2. The first-order valence-electron chi connectivity index (χ1n) is 7.24. The van der Waals surface area contributed by atoms with Gasteiger partial charge in [-0.2, -0.15) is 0 Å². The molecule has 0 aromatic heterocycles. The van der Waals surface area contributed by atoms with E-state index in [9.17, 15) is 4.79 Å². The highest BCUT2D eigenvalue weighted by Gasteiger charge is 2.22. The summed E-state index contributed by atoms with van der Waals surface area (Å²) in [5.41, 5.74) is 2.92. The van der Waals surface area contributed by atoms with E-state index in [1.807, 2.05) is 12.1 Å². The van der Waals surface area contributed by atoms with Crippen molar-refractivity contribution in [2.45, 2.75) is 13.8 Å². The maximum atomic E-state index is 12.7. The molecule has 21 heavy (non-hydrogen) atoms. The van der Waals surface area contributed by atoms with Crippen LogP contribution < -0.4 is 0 Å². The van der Waals surface area contributed by atoms with Crippen molar-refractivity contribution in [2.75, 3.05) is 19.6 Å². The second-order valence-electron chi connectivity index (χ2n) is 5.21. The molecule has 0 bridgehead atoms. The second-order valence-corrected chi connectivity index (χ2v) is 5.21. The van der Waals surface area contributed by atoms with Crippen LogP contribution in [0.15, 0.2) is 42.0 Å². The number of carbonyl (C=O) groups excluding carboxylic acids is 1. The van der Waals surface area contributed by atoms with Crippen LogP contribution in [0.2, 0.25) is 0 Å². The van der Waals surface area contributed by atoms with Gasteiger partial charge in [0.25, 0.3) is 0 Å². The van der Waals surface area contributed by atoms with Crippen molar-refractivity contribution in [2.24, 2.45) is 0 Å². The van der Waals surface area contributed by atoms with Crippen LogP contribution in [0, 0.1) is 0 Å². The van der Waals surface area contributed by atoms with E-state index in [-0.39, 0.29) is 18.2 Å². The molecule has 2 aromatic carbocycles. The monoisotopic (exact) mass is 301 g/mol. The summed E-state index contributed by atoms with van der Waals surface area (Å²) in [6.45, 7) is 6.93. The van der Waals surface area contributed by atoms with E-state index in [0.717, 1.165) is 41.5 Å². The fourth-order valence-corrected chi connectivity index (χ4v) is 2.91. The maximum Gasteiger partial charge on any atom is 0.190 e. The zero-order valence-corrected chi connectivity index (χ0v) is 13.2. The molecule has 0 aliphatic heterocycles. The third-order valence-corrected chi connectivity index (χ3v) is 4.09. The van der Waals surface area contributed by atoms with E-state index in [1.54, 1.807) is 0 Å². The smallest absolute Gasteiger partial charge is 0.190 e. The van der Waals surface area contributed by atoms with Crippen molar-refractivity contribution >= 4 is 35.0 Å². The van der Waals surface area contributed by atoms with Crippen LogP contribution in [0.1, 0.15) is 29.8 Å². The van der Waals surface area contributed by atoms with E-state index in [4.69, 9.17) is 0 Å². The van der Waals surface area contributed by atoms with E-state index in [1.165, 1.54) is 5.56 Å². The van der Waals surface area contributed by atoms with Crippen LogP contribution in [0.3, 0.4) is 0 Å². The molecule has 0 spiro atoms. The van der Waals surface area contributed by atoms with E-state index < -0.39 is 0 Å². The standard InChI is InChI=1S/C18H19NO.ClH/c1-3-19(4-2)12-15-11-14-9-5-7-13-8-6-10-16(17(13)14)18(15)20;/h5-11H,3-4,12H2,1-2H3;1H. The molecule has 1 aliphatic rings. The van der Waals surface area contributed by atoms with Crippen molar-refractivity contribution in [3.63, 3.8) is 0 Å². The zero-order chi connectivity index (χ0) is 14.1. The highest BCUT2D eigenvalue weighted by molar-refractivity contribution is 6.22. The quantitative estimate of drug-likeness (QED) is 0.844. The SMILES string of the molecule is CCN(CC)CC1=Cc2cccc3cccc(c23)C1=O.Cl. The van der Waals surface area contributed by atoms with Gasteiger partial charge in [-0.15, -0.1) is 12.4 Å². The Kier molecular flexibility index (Phi) is 4.81. The number of Topliss-reactive ketones (excluding diaryl/α,β-unsaturated/α-hetero) is 1. The average Bonchev–Trinajstić information content (AvgIpc) is 2.49. The Morgan fingerprint density at radius 1 is 1.00 bits per heavy atom. The molecule has 2 nitrogen and oxygen atoms in total. The van der Waals surface area contributed by atoms with Gasteiger partial charge in [0.2, 0.25) is 0 Å². The van der Waals surface area contributed by atoms with Gasteiger partial charge >= 0.3 is 0 Å². The van der Waals surface area contributed by atoms with E-state index in [0.29, 0.717) is 0 Å². The Morgan fingerprint density at radius 3 is 2.33 bits per heavy atom. The van der Waals surface area contributed by atoms with Gasteiger partial charge in [-0.25, -0.2) is 0 Å². The molecule has 3 rings (SSSR count).